The van der Waals surface area contributed by atoms with E-state index in [1.54, 1.807) is 27.9 Å². The Balaban J connectivity index is 2.47. The molecule has 0 radical (unpaired) electrons. The Morgan fingerprint density at radius 1 is 1.29 bits per heavy atom. The molecule has 21 heavy (non-hydrogen) atoms. The molecule has 1 aromatic carbocycles. The largest absolute Gasteiger partial charge is 0.497 e. The number of carbonyl (C=O) groups excluding carboxylic acids is 2. The lowest BCUT2D eigenvalue weighted by atomic mass is 10.0. The molecule has 0 fully saturated rings. The summed E-state index contributed by atoms with van der Waals surface area (Å²) in [5.41, 5.74) is 0.468. The van der Waals surface area contributed by atoms with E-state index >= 15 is 0 Å². The van der Waals surface area contributed by atoms with Crippen LogP contribution in [0.25, 0.3) is 0 Å². The SMILES string of the molecule is COc1ccc(CC(C=O)CNC(=O)OC(C)(C)C)cc1. The monoisotopic (exact) mass is 293 g/mol. The zero-order valence-corrected chi connectivity index (χ0v) is 13.0. The molecule has 5 heteroatoms. The Morgan fingerprint density at radius 3 is 2.38 bits per heavy atom. The first-order valence-electron chi connectivity index (χ1n) is 6.89. The van der Waals surface area contributed by atoms with Gasteiger partial charge >= 0.3 is 6.09 Å². The number of benzene rings is 1. The van der Waals surface area contributed by atoms with Gasteiger partial charge in [-0.1, -0.05) is 12.1 Å². The van der Waals surface area contributed by atoms with Crippen molar-refractivity contribution in [1.29, 1.82) is 0 Å². The summed E-state index contributed by atoms with van der Waals surface area (Å²) in [4.78, 5) is 22.7. The van der Waals surface area contributed by atoms with E-state index in [0.29, 0.717) is 6.42 Å². The summed E-state index contributed by atoms with van der Waals surface area (Å²) >= 11 is 0. The van der Waals surface area contributed by atoms with Gasteiger partial charge in [-0.15, -0.1) is 0 Å². The van der Waals surface area contributed by atoms with Crippen LogP contribution in [0.3, 0.4) is 0 Å². The van der Waals surface area contributed by atoms with Crippen molar-refractivity contribution in [2.45, 2.75) is 32.8 Å². The molecular weight excluding hydrogens is 270 g/mol. The molecular formula is C16H23NO4. The minimum Gasteiger partial charge on any atom is -0.497 e. The fraction of sp³-hybridized carbons (Fsp3) is 0.500. The third-order valence-electron chi connectivity index (χ3n) is 2.76. The Bertz CT molecular complexity index is 462. The van der Waals surface area contributed by atoms with Crippen molar-refractivity contribution >= 4 is 12.4 Å². The van der Waals surface area contributed by atoms with Crippen LogP contribution in [0.15, 0.2) is 24.3 Å². The number of hydrogen-bond donors (Lipinski definition) is 1. The van der Waals surface area contributed by atoms with Crippen molar-refractivity contribution in [2.24, 2.45) is 5.92 Å². The average molecular weight is 293 g/mol. The number of ether oxygens (including phenoxy) is 2. The average Bonchev–Trinajstić information content (AvgIpc) is 2.42. The molecule has 0 spiro atoms. The lowest BCUT2D eigenvalue weighted by molar-refractivity contribution is -0.110. The third kappa shape index (κ3) is 6.79. The highest BCUT2D eigenvalue weighted by molar-refractivity contribution is 5.68. The summed E-state index contributed by atoms with van der Waals surface area (Å²) in [5.74, 6) is 0.485. The van der Waals surface area contributed by atoms with Crippen molar-refractivity contribution in [3.8, 4) is 5.75 Å². The highest BCUT2D eigenvalue weighted by atomic mass is 16.6. The fourth-order valence-corrected chi connectivity index (χ4v) is 1.76. The number of methoxy groups -OCH3 is 1. The van der Waals surface area contributed by atoms with Crippen LogP contribution in [0, 0.1) is 5.92 Å². The summed E-state index contributed by atoms with van der Waals surface area (Å²) < 4.78 is 10.2. The summed E-state index contributed by atoms with van der Waals surface area (Å²) in [6, 6.07) is 7.50. The van der Waals surface area contributed by atoms with Crippen LogP contribution >= 0.6 is 0 Å². The third-order valence-corrected chi connectivity index (χ3v) is 2.76. The fourth-order valence-electron chi connectivity index (χ4n) is 1.76. The predicted molar refractivity (Wildman–Crippen MR) is 80.5 cm³/mol. The summed E-state index contributed by atoms with van der Waals surface area (Å²) in [7, 11) is 1.61. The number of aldehydes is 1. The van der Waals surface area contributed by atoms with E-state index in [0.717, 1.165) is 17.6 Å². The van der Waals surface area contributed by atoms with Crippen LogP contribution < -0.4 is 10.1 Å². The second-order valence-electron chi connectivity index (χ2n) is 5.83. The first kappa shape index (κ1) is 17.0. The van der Waals surface area contributed by atoms with Gasteiger partial charge in [-0.05, 0) is 44.9 Å². The standard InChI is InChI=1S/C16H23NO4/c1-16(2,3)21-15(19)17-10-13(11-18)9-12-5-7-14(20-4)8-6-12/h5-8,11,13H,9-10H2,1-4H3,(H,17,19). The van der Waals surface area contributed by atoms with E-state index in [1.807, 2.05) is 24.3 Å². The zero-order valence-electron chi connectivity index (χ0n) is 13.0. The lowest BCUT2D eigenvalue weighted by Crippen LogP contribution is -2.36. The van der Waals surface area contributed by atoms with Crippen molar-refractivity contribution in [2.75, 3.05) is 13.7 Å². The van der Waals surface area contributed by atoms with Crippen LogP contribution in [-0.4, -0.2) is 31.6 Å². The van der Waals surface area contributed by atoms with Gasteiger partial charge in [-0.2, -0.15) is 0 Å². The molecule has 1 aromatic rings. The van der Waals surface area contributed by atoms with Gasteiger partial charge in [0.25, 0.3) is 0 Å². The van der Waals surface area contributed by atoms with Gasteiger partial charge in [-0.3, -0.25) is 0 Å². The topological polar surface area (TPSA) is 64.6 Å². The second-order valence-corrected chi connectivity index (χ2v) is 5.83. The minimum absolute atomic E-state index is 0.254. The molecule has 1 atom stereocenters. The quantitative estimate of drug-likeness (QED) is 0.819. The summed E-state index contributed by atoms with van der Waals surface area (Å²) in [6.45, 7) is 5.63. The number of alkyl carbamates (subject to hydrolysis) is 1. The van der Waals surface area contributed by atoms with Gasteiger partial charge < -0.3 is 19.6 Å². The summed E-state index contributed by atoms with van der Waals surface area (Å²) in [5, 5.41) is 2.62. The number of carbonyl (C=O) groups is 2. The minimum atomic E-state index is -0.545. The summed E-state index contributed by atoms with van der Waals surface area (Å²) in [6.07, 6.45) is 0.898. The number of rotatable bonds is 6. The maximum Gasteiger partial charge on any atom is 0.407 e. The maximum absolute atomic E-state index is 11.5. The molecule has 1 unspecified atom stereocenters. The van der Waals surface area contributed by atoms with E-state index in [2.05, 4.69) is 5.32 Å². The van der Waals surface area contributed by atoms with Crippen LogP contribution in [0.5, 0.6) is 5.75 Å². The van der Waals surface area contributed by atoms with E-state index in [1.165, 1.54) is 0 Å². The number of nitrogens with one attached hydrogen (secondary N) is 1. The number of amides is 1. The van der Waals surface area contributed by atoms with Crippen molar-refractivity contribution in [3.63, 3.8) is 0 Å². The van der Waals surface area contributed by atoms with Gasteiger partial charge in [0.05, 0.1) is 7.11 Å². The lowest BCUT2D eigenvalue weighted by Gasteiger charge is -2.20. The molecule has 0 aromatic heterocycles. The van der Waals surface area contributed by atoms with Gasteiger partial charge in [0.2, 0.25) is 0 Å². The molecule has 0 saturated carbocycles. The van der Waals surface area contributed by atoms with Crippen LogP contribution in [0.1, 0.15) is 26.3 Å². The Kier molecular flexibility index (Phi) is 6.21. The molecule has 0 heterocycles. The highest BCUT2D eigenvalue weighted by Gasteiger charge is 2.17. The molecule has 1 amide bonds. The van der Waals surface area contributed by atoms with Gasteiger partial charge in [0, 0.05) is 12.5 Å². The second kappa shape index (κ2) is 7.67. The zero-order chi connectivity index (χ0) is 15.9. The Hall–Kier alpha value is -2.04. The van der Waals surface area contributed by atoms with Crippen molar-refractivity contribution < 1.29 is 19.1 Å². The molecule has 1 N–H and O–H groups in total. The molecule has 0 aliphatic carbocycles. The van der Waals surface area contributed by atoms with E-state index in [-0.39, 0.29) is 12.5 Å². The van der Waals surface area contributed by atoms with E-state index < -0.39 is 11.7 Å². The smallest absolute Gasteiger partial charge is 0.407 e. The Morgan fingerprint density at radius 2 is 1.90 bits per heavy atom. The van der Waals surface area contributed by atoms with Crippen molar-refractivity contribution in [3.05, 3.63) is 29.8 Å². The van der Waals surface area contributed by atoms with Crippen LogP contribution in [0.4, 0.5) is 4.79 Å². The number of hydrogen-bond acceptors (Lipinski definition) is 4. The van der Waals surface area contributed by atoms with E-state index in [9.17, 15) is 9.59 Å². The molecule has 5 nitrogen and oxygen atoms in total. The van der Waals surface area contributed by atoms with Gasteiger partial charge in [0.15, 0.2) is 0 Å². The maximum atomic E-state index is 11.5. The predicted octanol–water partition coefficient (Wildman–Crippen LogP) is 2.58. The van der Waals surface area contributed by atoms with Gasteiger partial charge in [-0.25, -0.2) is 4.79 Å². The molecule has 0 bridgehead atoms. The molecule has 1 rings (SSSR count). The first-order chi connectivity index (χ1) is 9.84. The molecule has 0 aliphatic heterocycles. The first-order valence-corrected chi connectivity index (χ1v) is 6.89. The van der Waals surface area contributed by atoms with Crippen LogP contribution in [-0.2, 0) is 16.0 Å². The molecule has 0 saturated heterocycles. The highest BCUT2D eigenvalue weighted by Crippen LogP contribution is 2.14. The normalized spacial score (nSPS) is 12.4. The molecule has 116 valence electrons. The van der Waals surface area contributed by atoms with E-state index in [4.69, 9.17) is 9.47 Å². The molecule has 0 aliphatic rings. The van der Waals surface area contributed by atoms with Crippen molar-refractivity contribution in [1.82, 2.24) is 5.32 Å². The van der Waals surface area contributed by atoms with Gasteiger partial charge in [0.1, 0.15) is 17.6 Å². The Labute approximate surface area is 125 Å². The van der Waals surface area contributed by atoms with Crippen LogP contribution in [0.2, 0.25) is 0 Å².